The molecular weight excluding hydrogens is 662 g/mol. The molecule has 2 N–H and O–H groups in total. The number of ether oxygens (including phenoxy) is 1. The van der Waals surface area contributed by atoms with Crippen molar-refractivity contribution >= 4 is 61.2 Å². The predicted molar refractivity (Wildman–Crippen MR) is 154 cm³/mol. The number of hydrogen-bond donors (Lipinski definition) is 2. The van der Waals surface area contributed by atoms with Crippen molar-refractivity contribution in [3.05, 3.63) is 55.0 Å². The molecule has 1 aromatic rings. The van der Waals surface area contributed by atoms with Crippen LogP contribution < -0.4 is 4.74 Å². The number of likely N-dealkylation sites (tertiary alicyclic amines) is 1. The minimum atomic E-state index is -0.880. The van der Waals surface area contributed by atoms with Crippen molar-refractivity contribution < 1.29 is 38.9 Å². The Morgan fingerprint density at radius 2 is 1.80 bits per heavy atom. The van der Waals surface area contributed by atoms with Gasteiger partial charge < -0.3 is 14.9 Å². The van der Waals surface area contributed by atoms with Gasteiger partial charge in [-0.25, -0.2) is 0 Å². The van der Waals surface area contributed by atoms with Gasteiger partial charge in [-0.15, -0.1) is 0 Å². The molecule has 216 valence electrons. The number of halogens is 2. The van der Waals surface area contributed by atoms with Crippen molar-refractivity contribution in [1.82, 2.24) is 4.90 Å². The van der Waals surface area contributed by atoms with E-state index >= 15 is 0 Å². The second-order valence-electron chi connectivity index (χ2n) is 10.9. The Morgan fingerprint density at radius 3 is 2.49 bits per heavy atom. The number of Topliss-reactive ketones (excluding diaryl/α,β-unsaturated/α-hetero) is 1. The number of fused-ring (bicyclic) bond motifs is 3. The van der Waals surface area contributed by atoms with Crippen LogP contribution in [-0.4, -0.2) is 58.1 Å². The van der Waals surface area contributed by atoms with Gasteiger partial charge in [0.25, 0.3) is 0 Å². The van der Waals surface area contributed by atoms with Gasteiger partial charge in [-0.3, -0.25) is 28.9 Å². The molecule has 1 aliphatic heterocycles. The maximum Gasteiger partial charge on any atom is 0.303 e. The van der Waals surface area contributed by atoms with Crippen molar-refractivity contribution in [2.45, 2.75) is 51.4 Å². The molecule has 1 aromatic carbocycles. The molecule has 3 aliphatic carbocycles. The first kappa shape index (κ1) is 29.4. The first-order chi connectivity index (χ1) is 19.5. The molecule has 0 saturated carbocycles. The third kappa shape index (κ3) is 4.90. The van der Waals surface area contributed by atoms with Crippen LogP contribution in [0, 0.1) is 17.8 Å². The molecule has 9 nitrogen and oxygen atoms in total. The lowest BCUT2D eigenvalue weighted by Gasteiger charge is -2.42. The van der Waals surface area contributed by atoms with Gasteiger partial charge in [0, 0.05) is 40.1 Å². The van der Waals surface area contributed by atoms with E-state index in [0.717, 1.165) is 5.57 Å². The average molecular weight is 691 g/mol. The number of carbonyl (C=O) groups is 5. The van der Waals surface area contributed by atoms with Crippen LogP contribution >= 0.6 is 31.9 Å². The highest BCUT2D eigenvalue weighted by molar-refractivity contribution is 9.13. The fourth-order valence-electron chi connectivity index (χ4n) is 6.72. The number of allylic oxidation sites excluding steroid dienone is 6. The maximum absolute atomic E-state index is 13.8. The summed E-state index contributed by atoms with van der Waals surface area (Å²) in [6, 6.07) is 1.63. The van der Waals surface area contributed by atoms with Crippen LogP contribution in [0.1, 0.15) is 56.9 Å². The van der Waals surface area contributed by atoms with E-state index in [1.807, 2.05) is 6.08 Å². The minimum Gasteiger partial charge on any atom is -0.503 e. The summed E-state index contributed by atoms with van der Waals surface area (Å²) in [6.07, 6.45) is 5.37. The molecule has 11 heteroatoms. The van der Waals surface area contributed by atoms with Crippen molar-refractivity contribution in [3.63, 3.8) is 0 Å². The largest absolute Gasteiger partial charge is 0.503 e. The SMILES string of the molecule is COc1cc(C2C3=CCC4C(=O)N(CCCCCC(=O)O)C(=O)C4C3CC3=C2C(=O)C=C(C)C3=O)c(Br)c(Br)c1O. The highest BCUT2D eigenvalue weighted by Gasteiger charge is 2.56. The summed E-state index contributed by atoms with van der Waals surface area (Å²) in [5.74, 6) is -4.30. The summed E-state index contributed by atoms with van der Waals surface area (Å²) in [5, 5.41) is 19.4. The number of carbonyl (C=O) groups excluding carboxylic acids is 4. The molecule has 1 saturated heterocycles. The molecule has 41 heavy (non-hydrogen) atoms. The number of aliphatic carboxylic acids is 1. The number of ketones is 2. The fourth-order valence-corrected chi connectivity index (χ4v) is 7.68. The lowest BCUT2D eigenvalue weighted by molar-refractivity contribution is -0.141. The molecule has 1 fully saturated rings. The van der Waals surface area contributed by atoms with Crippen LogP contribution in [0.4, 0.5) is 0 Å². The first-order valence-electron chi connectivity index (χ1n) is 13.5. The topological polar surface area (TPSA) is 138 Å². The van der Waals surface area contributed by atoms with Gasteiger partial charge in [-0.2, -0.15) is 0 Å². The normalized spacial score (nSPS) is 25.5. The van der Waals surface area contributed by atoms with E-state index in [9.17, 15) is 29.1 Å². The van der Waals surface area contributed by atoms with E-state index in [2.05, 4.69) is 31.9 Å². The zero-order chi connectivity index (χ0) is 29.7. The number of rotatable bonds is 8. The van der Waals surface area contributed by atoms with Crippen LogP contribution in [-0.2, 0) is 24.0 Å². The molecule has 0 spiro atoms. The van der Waals surface area contributed by atoms with E-state index in [4.69, 9.17) is 9.84 Å². The number of hydrogen-bond acceptors (Lipinski definition) is 7. The molecule has 2 amide bonds. The van der Waals surface area contributed by atoms with Gasteiger partial charge in [0.15, 0.2) is 23.1 Å². The number of imide groups is 1. The van der Waals surface area contributed by atoms with E-state index in [-0.39, 0.29) is 54.3 Å². The Balaban J connectivity index is 1.56. The summed E-state index contributed by atoms with van der Waals surface area (Å²) >= 11 is 6.96. The van der Waals surface area contributed by atoms with E-state index in [1.54, 1.807) is 13.0 Å². The zero-order valence-electron chi connectivity index (χ0n) is 22.5. The van der Waals surface area contributed by atoms with Crippen molar-refractivity contribution in [1.29, 1.82) is 0 Å². The first-order valence-corrected chi connectivity index (χ1v) is 15.1. The van der Waals surface area contributed by atoms with Crippen LogP contribution in [0.3, 0.4) is 0 Å². The van der Waals surface area contributed by atoms with Crippen molar-refractivity contribution in [3.8, 4) is 11.5 Å². The summed E-state index contributed by atoms with van der Waals surface area (Å²) in [7, 11) is 1.42. The lowest BCUT2D eigenvalue weighted by Crippen LogP contribution is -2.40. The number of phenolic OH excluding ortho intramolecular Hbond substituents is 1. The number of unbranched alkanes of at least 4 members (excludes halogenated alkanes) is 2. The van der Waals surface area contributed by atoms with Gasteiger partial charge in [0.05, 0.1) is 23.4 Å². The summed E-state index contributed by atoms with van der Waals surface area (Å²) in [5.41, 5.74) is 2.41. The monoisotopic (exact) mass is 689 g/mol. The van der Waals surface area contributed by atoms with Crippen molar-refractivity contribution in [2.75, 3.05) is 13.7 Å². The van der Waals surface area contributed by atoms with E-state index in [0.29, 0.717) is 56.9 Å². The maximum atomic E-state index is 13.8. The van der Waals surface area contributed by atoms with Gasteiger partial charge >= 0.3 is 5.97 Å². The molecule has 4 aliphatic rings. The van der Waals surface area contributed by atoms with E-state index in [1.165, 1.54) is 18.1 Å². The molecule has 0 aromatic heterocycles. The van der Waals surface area contributed by atoms with Crippen LogP contribution in [0.2, 0.25) is 0 Å². The number of aromatic hydroxyl groups is 1. The molecule has 4 unspecified atom stereocenters. The highest BCUT2D eigenvalue weighted by Crippen LogP contribution is 2.57. The fraction of sp³-hybridized carbons (Fsp3) is 0.433. The van der Waals surface area contributed by atoms with E-state index < -0.39 is 29.6 Å². The number of nitrogens with zero attached hydrogens (tertiary/aromatic N) is 1. The molecule has 0 bridgehead atoms. The van der Waals surface area contributed by atoms with Crippen LogP contribution in [0.15, 0.2) is 49.5 Å². The standard InChI is InChI=1S/C30H29Br2NO8/c1-13-10-19(34)24-18(27(13)37)11-16-14(22(24)17-12-20(41-2)28(38)26(32)25(17)31)7-8-15-23(16)30(40)33(29(15)39)9-5-3-4-6-21(35)36/h7,10,12,15-16,22-23,38H,3-6,8-9,11H2,1-2H3,(H,35,36). The molecule has 1 heterocycles. The van der Waals surface area contributed by atoms with Gasteiger partial charge in [0.1, 0.15) is 0 Å². The Bertz CT molecular complexity index is 1490. The number of amides is 2. The number of carboxylic acid groups (broad SMARTS) is 1. The number of carboxylic acids is 1. The van der Waals surface area contributed by atoms with Crippen LogP contribution in [0.25, 0.3) is 0 Å². The smallest absolute Gasteiger partial charge is 0.303 e. The van der Waals surface area contributed by atoms with Crippen LogP contribution in [0.5, 0.6) is 11.5 Å². The number of methoxy groups -OCH3 is 1. The highest BCUT2D eigenvalue weighted by atomic mass is 79.9. The second kappa shape index (κ2) is 11.3. The van der Waals surface area contributed by atoms with Gasteiger partial charge in [-0.05, 0) is 88.1 Å². The summed E-state index contributed by atoms with van der Waals surface area (Å²) in [4.78, 5) is 66.2. The van der Waals surface area contributed by atoms with Gasteiger partial charge in [0.2, 0.25) is 11.8 Å². The molecular formula is C30H29Br2NO8. The Morgan fingerprint density at radius 1 is 1.07 bits per heavy atom. The molecule has 0 radical (unpaired) electrons. The second-order valence-corrected chi connectivity index (χ2v) is 12.5. The zero-order valence-corrected chi connectivity index (χ0v) is 25.7. The summed E-state index contributed by atoms with van der Waals surface area (Å²) in [6.45, 7) is 1.82. The Kier molecular flexibility index (Phi) is 8.13. The third-order valence-corrected chi connectivity index (χ3v) is 10.8. The van der Waals surface area contributed by atoms with Gasteiger partial charge in [-0.1, -0.05) is 18.1 Å². The number of phenols is 1. The average Bonchev–Trinajstić information content (AvgIpc) is 3.18. The van der Waals surface area contributed by atoms with Crippen molar-refractivity contribution in [2.24, 2.45) is 17.8 Å². The lowest BCUT2D eigenvalue weighted by atomic mass is 9.59. The Labute approximate surface area is 253 Å². The predicted octanol–water partition coefficient (Wildman–Crippen LogP) is 5.00. The molecule has 5 rings (SSSR count). The quantitative estimate of drug-likeness (QED) is 0.168. The summed E-state index contributed by atoms with van der Waals surface area (Å²) < 4.78 is 6.21. The Hall–Kier alpha value is -3.05. The molecule has 4 atom stereocenters. The third-order valence-electron chi connectivity index (χ3n) is 8.63. The minimum absolute atomic E-state index is 0.0374. The number of benzene rings is 1.